The second-order valence-corrected chi connectivity index (χ2v) is 8.22. The largest absolute Gasteiger partial charge is 0.493 e. The van der Waals surface area contributed by atoms with Crippen LogP contribution in [0.25, 0.3) is 5.70 Å². The highest BCUT2D eigenvalue weighted by atomic mass is 35.5. The highest BCUT2D eigenvalue weighted by Crippen LogP contribution is 2.55. The Morgan fingerprint density at radius 3 is 2.75 bits per heavy atom. The summed E-state index contributed by atoms with van der Waals surface area (Å²) in [7, 11) is 1.56. The maximum atomic E-state index is 13.5. The van der Waals surface area contributed by atoms with Crippen molar-refractivity contribution in [3.8, 4) is 11.5 Å². The Labute approximate surface area is 188 Å². The molecule has 3 heterocycles. The maximum Gasteiger partial charge on any atom is 0.291 e. The van der Waals surface area contributed by atoms with E-state index in [-0.39, 0.29) is 17.8 Å². The topological polar surface area (TPSA) is 62.8 Å². The molecule has 1 amide bonds. The molecule has 2 N–H and O–H groups in total. The molecule has 0 bridgehead atoms. The number of hydrogen-bond donors (Lipinski definition) is 2. The van der Waals surface area contributed by atoms with Crippen LogP contribution in [-0.4, -0.2) is 18.0 Å². The number of hydrazine groups is 1. The third-order valence-electron chi connectivity index (χ3n) is 6.04. The van der Waals surface area contributed by atoms with Crippen molar-refractivity contribution in [2.24, 2.45) is 0 Å². The Hall–Kier alpha value is -3.55. The number of amides is 1. The second kappa shape index (κ2) is 6.72. The number of fused-ring (bicyclic) bond motifs is 6. The van der Waals surface area contributed by atoms with Gasteiger partial charge in [0, 0.05) is 16.1 Å². The Bertz CT molecular complexity index is 1310. The number of nitrogens with zero attached hydrogens (tertiary/aromatic N) is 1. The van der Waals surface area contributed by atoms with E-state index in [4.69, 9.17) is 21.1 Å². The normalized spacial score (nSPS) is 22.9. The molecule has 0 fully saturated rings. The minimum Gasteiger partial charge on any atom is -0.493 e. The number of ether oxygens (including phenoxy) is 2. The number of rotatable bonds is 2. The predicted octanol–water partition coefficient (Wildman–Crippen LogP) is 4.59. The zero-order chi connectivity index (χ0) is 22.0. The van der Waals surface area contributed by atoms with Crippen LogP contribution in [0.15, 0.2) is 66.7 Å². The summed E-state index contributed by atoms with van der Waals surface area (Å²) in [6.07, 6.45) is 1.99. The number of para-hydroxylation sites is 1. The van der Waals surface area contributed by atoms with Gasteiger partial charge in [0.2, 0.25) is 0 Å². The van der Waals surface area contributed by atoms with Gasteiger partial charge in [-0.05, 0) is 60.2 Å². The van der Waals surface area contributed by atoms with Gasteiger partial charge in [0.25, 0.3) is 11.6 Å². The van der Waals surface area contributed by atoms with Crippen LogP contribution in [0.2, 0.25) is 5.02 Å². The maximum absolute atomic E-state index is 13.5. The van der Waals surface area contributed by atoms with Gasteiger partial charge in [0.1, 0.15) is 5.82 Å². The lowest BCUT2D eigenvalue weighted by atomic mass is 9.95. The van der Waals surface area contributed by atoms with Crippen molar-refractivity contribution in [1.29, 1.82) is 0 Å². The van der Waals surface area contributed by atoms with Gasteiger partial charge >= 0.3 is 0 Å². The summed E-state index contributed by atoms with van der Waals surface area (Å²) in [5.74, 6) is 0.336. The molecule has 3 aromatic rings. The van der Waals surface area contributed by atoms with Crippen LogP contribution < -0.4 is 20.2 Å². The van der Waals surface area contributed by atoms with Crippen LogP contribution >= 0.6 is 11.6 Å². The summed E-state index contributed by atoms with van der Waals surface area (Å²) >= 11 is 6.31. The number of benzene rings is 3. The van der Waals surface area contributed by atoms with Crippen molar-refractivity contribution in [2.75, 3.05) is 12.4 Å². The zero-order valence-corrected chi connectivity index (χ0v) is 17.6. The fraction of sp³-hybridized carbons (Fsp3) is 0.125. The number of nitrogens with one attached hydrogen (secondary N) is 2. The van der Waals surface area contributed by atoms with E-state index < -0.39 is 5.72 Å². The van der Waals surface area contributed by atoms with Crippen LogP contribution in [0.5, 0.6) is 11.5 Å². The molecule has 32 heavy (non-hydrogen) atoms. The van der Waals surface area contributed by atoms with Crippen LogP contribution in [0, 0.1) is 5.82 Å². The molecule has 3 aromatic carbocycles. The monoisotopic (exact) mass is 449 g/mol. The number of carbonyl (C=O) groups is 1. The van der Waals surface area contributed by atoms with Crippen LogP contribution in [0.4, 0.5) is 10.1 Å². The summed E-state index contributed by atoms with van der Waals surface area (Å²) in [6, 6.07) is 16.6. The van der Waals surface area contributed by atoms with Gasteiger partial charge in [-0.3, -0.25) is 4.79 Å². The van der Waals surface area contributed by atoms with Gasteiger partial charge in [0.15, 0.2) is 11.5 Å². The molecular formula is C24H17ClFN3O3. The lowest BCUT2D eigenvalue weighted by molar-refractivity contribution is -0.166. The molecule has 0 saturated heterocycles. The SMILES string of the molecule is COc1cccc2c1OC1(C(=O)Nc3ccc(Cl)cc31)N1NC(c3ccc(F)cc3)=CC21. The molecule has 2 atom stereocenters. The summed E-state index contributed by atoms with van der Waals surface area (Å²) in [4.78, 5) is 13.5. The zero-order valence-electron chi connectivity index (χ0n) is 16.9. The third kappa shape index (κ3) is 2.52. The third-order valence-corrected chi connectivity index (χ3v) is 6.27. The van der Waals surface area contributed by atoms with E-state index >= 15 is 0 Å². The van der Waals surface area contributed by atoms with Gasteiger partial charge in [-0.25, -0.2) is 4.39 Å². The highest BCUT2D eigenvalue weighted by molar-refractivity contribution is 6.31. The van der Waals surface area contributed by atoms with Crippen molar-refractivity contribution in [2.45, 2.75) is 11.8 Å². The van der Waals surface area contributed by atoms with Crippen LogP contribution in [-0.2, 0) is 10.5 Å². The van der Waals surface area contributed by atoms with Crippen molar-refractivity contribution in [3.63, 3.8) is 0 Å². The average molecular weight is 450 g/mol. The van der Waals surface area contributed by atoms with Gasteiger partial charge in [-0.1, -0.05) is 23.7 Å². The molecule has 8 heteroatoms. The average Bonchev–Trinajstić information content (AvgIpc) is 3.35. The van der Waals surface area contributed by atoms with Gasteiger partial charge < -0.3 is 20.2 Å². The Kier molecular flexibility index (Phi) is 4.02. The van der Waals surface area contributed by atoms with Crippen molar-refractivity contribution in [3.05, 3.63) is 94.3 Å². The molecule has 0 radical (unpaired) electrons. The first-order valence-electron chi connectivity index (χ1n) is 10.0. The molecule has 3 aliphatic rings. The number of methoxy groups -OCH3 is 1. The number of anilines is 1. The predicted molar refractivity (Wildman–Crippen MR) is 117 cm³/mol. The van der Waals surface area contributed by atoms with Crippen LogP contribution in [0.1, 0.15) is 22.7 Å². The van der Waals surface area contributed by atoms with Crippen molar-refractivity contribution >= 4 is 28.9 Å². The molecule has 6 nitrogen and oxygen atoms in total. The Morgan fingerprint density at radius 1 is 1.16 bits per heavy atom. The van der Waals surface area contributed by atoms with E-state index in [0.717, 1.165) is 16.8 Å². The molecule has 0 aromatic heterocycles. The molecule has 2 unspecified atom stereocenters. The number of carbonyl (C=O) groups excluding carboxylic acids is 1. The fourth-order valence-corrected chi connectivity index (χ4v) is 4.74. The second-order valence-electron chi connectivity index (χ2n) is 7.78. The van der Waals surface area contributed by atoms with E-state index in [0.29, 0.717) is 27.8 Å². The van der Waals surface area contributed by atoms with Gasteiger partial charge in [-0.2, -0.15) is 5.01 Å². The first kappa shape index (κ1) is 19.2. The lowest BCUT2D eigenvalue weighted by Crippen LogP contribution is -2.60. The van der Waals surface area contributed by atoms with E-state index in [9.17, 15) is 9.18 Å². The van der Waals surface area contributed by atoms with Gasteiger partial charge in [-0.15, -0.1) is 0 Å². The van der Waals surface area contributed by atoms with Crippen LogP contribution in [0.3, 0.4) is 0 Å². The minimum atomic E-state index is -1.52. The standard InChI is InChI=1S/C24H17ClFN3O3/c1-31-21-4-2-3-16-20-12-19(13-5-8-15(26)9-6-13)28-29(20)24(32-22(16)21)17-11-14(25)7-10-18(17)27-23(24)30/h2-12,20,28H,1H3,(H,27,30). The Morgan fingerprint density at radius 2 is 1.97 bits per heavy atom. The first-order valence-corrected chi connectivity index (χ1v) is 10.4. The van der Waals surface area contributed by atoms with E-state index in [2.05, 4.69) is 10.7 Å². The molecule has 0 saturated carbocycles. The Balaban J connectivity index is 1.58. The quantitative estimate of drug-likeness (QED) is 0.599. The lowest BCUT2D eigenvalue weighted by Gasteiger charge is -2.44. The summed E-state index contributed by atoms with van der Waals surface area (Å²) in [5, 5.41) is 5.16. The fourth-order valence-electron chi connectivity index (χ4n) is 4.57. The van der Waals surface area contributed by atoms with E-state index in [1.807, 2.05) is 18.2 Å². The minimum absolute atomic E-state index is 0.321. The molecule has 6 rings (SSSR count). The molecule has 160 valence electrons. The summed E-state index contributed by atoms with van der Waals surface area (Å²) < 4.78 is 25.5. The molecule has 1 spiro atoms. The van der Waals surface area contributed by atoms with E-state index in [1.54, 1.807) is 48.5 Å². The summed E-state index contributed by atoms with van der Waals surface area (Å²) in [6.45, 7) is 0. The smallest absolute Gasteiger partial charge is 0.291 e. The van der Waals surface area contributed by atoms with Gasteiger partial charge in [0.05, 0.1) is 24.5 Å². The van der Waals surface area contributed by atoms with Crippen molar-refractivity contribution in [1.82, 2.24) is 10.4 Å². The summed E-state index contributed by atoms with van der Waals surface area (Å²) in [5.41, 5.74) is 5.38. The number of halogens is 2. The van der Waals surface area contributed by atoms with E-state index in [1.165, 1.54) is 12.1 Å². The molecule has 0 aliphatic carbocycles. The highest BCUT2D eigenvalue weighted by Gasteiger charge is 2.61. The molecule has 3 aliphatic heterocycles. The molecular weight excluding hydrogens is 433 g/mol. The number of hydrogen-bond acceptors (Lipinski definition) is 5. The van der Waals surface area contributed by atoms with Crippen molar-refractivity contribution < 1.29 is 18.7 Å². The first-order chi connectivity index (χ1) is 15.5.